The predicted molar refractivity (Wildman–Crippen MR) is 120 cm³/mol. The van der Waals surface area contributed by atoms with Gasteiger partial charge in [-0.05, 0) is 31.9 Å². The number of para-hydroxylation sites is 1. The molecule has 0 radical (unpaired) electrons. The van der Waals surface area contributed by atoms with Crippen molar-refractivity contribution in [3.63, 3.8) is 0 Å². The monoisotopic (exact) mass is 387 g/mol. The zero-order valence-corrected chi connectivity index (χ0v) is 18.2. The summed E-state index contributed by atoms with van der Waals surface area (Å²) in [4.78, 5) is 15.3. The fourth-order valence-electron chi connectivity index (χ4n) is 2.86. The Morgan fingerprint density at radius 2 is 1.71 bits per heavy atom. The highest BCUT2D eigenvalue weighted by Gasteiger charge is 2.18. The molecule has 0 atom stereocenters. The molecule has 0 fully saturated rings. The second-order valence-corrected chi connectivity index (χ2v) is 5.97. The smallest absolute Gasteiger partial charge is 0.152 e. The summed E-state index contributed by atoms with van der Waals surface area (Å²) in [6.07, 6.45) is 4.88. The molecule has 1 aromatic carbocycles. The average molecular weight is 388 g/mol. The Kier molecular flexibility index (Phi) is 11.0. The number of hydrogen-bond donors (Lipinski definition) is 2. The molecule has 3 aromatic rings. The van der Waals surface area contributed by atoms with E-state index in [1.807, 2.05) is 56.7 Å². The van der Waals surface area contributed by atoms with Crippen molar-refractivity contribution in [2.45, 2.75) is 66.7 Å². The number of aromatic nitrogens is 3. The van der Waals surface area contributed by atoms with Crippen LogP contribution in [0.5, 0.6) is 0 Å². The van der Waals surface area contributed by atoms with Gasteiger partial charge in [-0.25, -0.2) is 9.97 Å². The van der Waals surface area contributed by atoms with Gasteiger partial charge in [0.1, 0.15) is 23.5 Å². The van der Waals surface area contributed by atoms with Crippen LogP contribution in [0.4, 0.5) is 5.82 Å². The number of aryl methyl sites for hydroxylation is 1. The van der Waals surface area contributed by atoms with Crippen LogP contribution in [0.15, 0.2) is 24.3 Å². The number of nitrogen functional groups attached to an aromatic ring is 1. The highest BCUT2D eigenvalue weighted by atomic mass is 16.7. The normalized spacial score (nSPS) is 10.2. The Bertz CT molecular complexity index is 829. The van der Waals surface area contributed by atoms with Crippen molar-refractivity contribution in [1.29, 1.82) is 0 Å². The van der Waals surface area contributed by atoms with E-state index >= 15 is 0 Å². The standard InChI is InChI=1S/C18H25N5O.2C2H6/c1-2-3-10-15-22-16-17(23(15)24-12-7-6-11-19)13-8-4-5-9-14(13)21-18(16)20;2*1-2/h4-5,8-9H,2-3,6-7,10-12,19H2,1H3,(H2,20,21);2*1-2H3. The van der Waals surface area contributed by atoms with Gasteiger partial charge in [-0.3, -0.25) is 0 Å². The summed E-state index contributed by atoms with van der Waals surface area (Å²) in [7, 11) is 0. The molecular formula is C22H37N5O. The molecule has 0 spiro atoms. The Balaban J connectivity index is 0.000000921. The minimum atomic E-state index is 0.450. The maximum Gasteiger partial charge on any atom is 0.152 e. The van der Waals surface area contributed by atoms with Crippen LogP contribution < -0.4 is 16.3 Å². The predicted octanol–water partition coefficient (Wildman–Crippen LogP) is 4.73. The van der Waals surface area contributed by atoms with Crippen molar-refractivity contribution in [2.75, 3.05) is 18.9 Å². The second kappa shape index (κ2) is 12.9. The third-order valence-electron chi connectivity index (χ3n) is 4.12. The molecule has 2 aromatic heterocycles. The molecule has 0 saturated carbocycles. The molecule has 0 bridgehead atoms. The summed E-state index contributed by atoms with van der Waals surface area (Å²) in [5.41, 5.74) is 14.2. The van der Waals surface area contributed by atoms with E-state index in [2.05, 4.69) is 11.9 Å². The van der Waals surface area contributed by atoms with E-state index in [9.17, 15) is 0 Å². The van der Waals surface area contributed by atoms with Crippen molar-refractivity contribution < 1.29 is 4.84 Å². The van der Waals surface area contributed by atoms with Crippen molar-refractivity contribution in [3.8, 4) is 0 Å². The zero-order chi connectivity index (χ0) is 20.9. The van der Waals surface area contributed by atoms with Crippen LogP contribution >= 0.6 is 0 Å². The number of imidazole rings is 1. The van der Waals surface area contributed by atoms with Gasteiger partial charge in [-0.2, -0.15) is 4.73 Å². The van der Waals surface area contributed by atoms with Gasteiger partial charge in [-0.15, -0.1) is 0 Å². The molecule has 156 valence electrons. The number of nitrogens with zero attached hydrogens (tertiary/aromatic N) is 3. The summed E-state index contributed by atoms with van der Waals surface area (Å²) in [6, 6.07) is 7.95. The summed E-state index contributed by atoms with van der Waals surface area (Å²) < 4.78 is 1.86. The number of benzene rings is 1. The van der Waals surface area contributed by atoms with Crippen LogP contribution in [0.25, 0.3) is 21.9 Å². The Hall–Kier alpha value is -2.34. The van der Waals surface area contributed by atoms with Crippen molar-refractivity contribution >= 4 is 27.8 Å². The topological polar surface area (TPSA) is 92.0 Å². The van der Waals surface area contributed by atoms with Gasteiger partial charge in [-0.1, -0.05) is 59.2 Å². The summed E-state index contributed by atoms with van der Waals surface area (Å²) in [6.45, 7) is 11.5. The molecule has 4 N–H and O–H groups in total. The number of pyridine rings is 1. The Labute approximate surface area is 169 Å². The number of hydrogen-bond acceptors (Lipinski definition) is 5. The van der Waals surface area contributed by atoms with Gasteiger partial charge in [0.05, 0.1) is 5.52 Å². The lowest BCUT2D eigenvalue weighted by Crippen LogP contribution is -2.17. The van der Waals surface area contributed by atoms with Crippen LogP contribution in [-0.4, -0.2) is 27.9 Å². The number of rotatable bonds is 8. The van der Waals surface area contributed by atoms with E-state index in [-0.39, 0.29) is 0 Å². The molecule has 6 heteroatoms. The Morgan fingerprint density at radius 3 is 2.39 bits per heavy atom. The molecule has 0 aliphatic heterocycles. The van der Waals surface area contributed by atoms with E-state index in [1.165, 1.54) is 0 Å². The van der Waals surface area contributed by atoms with Crippen molar-refractivity contribution in [1.82, 2.24) is 14.7 Å². The van der Waals surface area contributed by atoms with E-state index in [0.717, 1.165) is 59.9 Å². The lowest BCUT2D eigenvalue weighted by atomic mass is 10.2. The van der Waals surface area contributed by atoms with E-state index in [1.54, 1.807) is 0 Å². The first-order valence-corrected chi connectivity index (χ1v) is 10.6. The van der Waals surface area contributed by atoms with Crippen molar-refractivity contribution in [2.24, 2.45) is 5.73 Å². The van der Waals surface area contributed by atoms with E-state index in [0.29, 0.717) is 19.0 Å². The fraction of sp³-hybridized carbons (Fsp3) is 0.545. The third kappa shape index (κ3) is 5.58. The number of nitrogens with two attached hydrogens (primary N) is 2. The molecule has 2 heterocycles. The summed E-state index contributed by atoms with van der Waals surface area (Å²) in [5.74, 6) is 1.36. The largest absolute Gasteiger partial charge is 0.412 e. The van der Waals surface area contributed by atoms with Gasteiger partial charge in [0.2, 0.25) is 0 Å². The van der Waals surface area contributed by atoms with Gasteiger partial charge < -0.3 is 16.3 Å². The van der Waals surface area contributed by atoms with Gasteiger partial charge in [0, 0.05) is 11.8 Å². The molecule has 6 nitrogen and oxygen atoms in total. The summed E-state index contributed by atoms with van der Waals surface area (Å²) >= 11 is 0. The summed E-state index contributed by atoms with van der Waals surface area (Å²) in [5, 5.41) is 1.01. The number of anilines is 1. The molecule has 28 heavy (non-hydrogen) atoms. The first-order valence-electron chi connectivity index (χ1n) is 10.6. The minimum Gasteiger partial charge on any atom is -0.412 e. The van der Waals surface area contributed by atoms with Crippen LogP contribution in [0.3, 0.4) is 0 Å². The zero-order valence-electron chi connectivity index (χ0n) is 18.2. The molecule has 0 amide bonds. The van der Waals surface area contributed by atoms with Crippen LogP contribution in [0, 0.1) is 0 Å². The number of unbranched alkanes of at least 4 members (excludes halogenated alkanes) is 2. The van der Waals surface area contributed by atoms with E-state index < -0.39 is 0 Å². The molecule has 0 aliphatic carbocycles. The van der Waals surface area contributed by atoms with Crippen molar-refractivity contribution in [3.05, 3.63) is 30.1 Å². The molecule has 0 saturated heterocycles. The maximum atomic E-state index is 6.15. The Morgan fingerprint density at radius 1 is 1.00 bits per heavy atom. The molecule has 0 unspecified atom stereocenters. The minimum absolute atomic E-state index is 0.450. The lowest BCUT2D eigenvalue weighted by molar-refractivity contribution is 0.109. The quantitative estimate of drug-likeness (QED) is 0.545. The highest BCUT2D eigenvalue weighted by Crippen LogP contribution is 2.28. The highest BCUT2D eigenvalue weighted by molar-refractivity contribution is 6.06. The molecule has 3 rings (SSSR count). The van der Waals surface area contributed by atoms with Crippen LogP contribution in [0.2, 0.25) is 0 Å². The van der Waals surface area contributed by atoms with Crippen LogP contribution in [-0.2, 0) is 6.42 Å². The third-order valence-corrected chi connectivity index (χ3v) is 4.12. The first-order chi connectivity index (χ1) is 13.8. The lowest BCUT2D eigenvalue weighted by Gasteiger charge is -2.12. The first kappa shape index (κ1) is 23.7. The fourth-order valence-corrected chi connectivity index (χ4v) is 2.86. The number of fused-ring (bicyclic) bond motifs is 3. The average Bonchev–Trinajstić information content (AvgIpc) is 3.12. The SMILES string of the molecule is CC.CC.CCCCc1nc2c(N)nc3ccccc3c2n1OCCCCN. The second-order valence-electron chi connectivity index (χ2n) is 5.97. The van der Waals surface area contributed by atoms with Gasteiger partial charge in [0.25, 0.3) is 0 Å². The molecule has 0 aliphatic rings. The maximum absolute atomic E-state index is 6.15. The van der Waals surface area contributed by atoms with Gasteiger partial charge in [0.15, 0.2) is 5.82 Å². The molecular weight excluding hydrogens is 350 g/mol. The van der Waals surface area contributed by atoms with Crippen LogP contribution in [0.1, 0.15) is 66.1 Å². The van der Waals surface area contributed by atoms with E-state index in [4.69, 9.17) is 21.3 Å². The van der Waals surface area contributed by atoms with Gasteiger partial charge >= 0.3 is 0 Å².